The maximum atomic E-state index is 5.81. The lowest BCUT2D eigenvalue weighted by molar-refractivity contribution is 1.12. The van der Waals surface area contributed by atoms with Crippen LogP contribution in [-0.2, 0) is 0 Å². The Morgan fingerprint density at radius 1 is 1.16 bits per heavy atom. The first-order valence-electron chi connectivity index (χ1n) is 5.97. The Morgan fingerprint density at radius 3 is 2.63 bits per heavy atom. The maximum Gasteiger partial charge on any atom is 0.223 e. The number of nitrogens with two attached hydrogens (primary N) is 1. The Kier molecular flexibility index (Phi) is 2.83. The number of nitrogen functional groups attached to an aromatic ring is 1. The Balaban J connectivity index is 2.19. The van der Waals surface area contributed by atoms with Crippen molar-refractivity contribution in [1.29, 1.82) is 0 Å². The molecule has 0 amide bonds. The molecule has 0 saturated heterocycles. The lowest BCUT2D eigenvalue weighted by atomic mass is 10.2. The van der Waals surface area contributed by atoms with Gasteiger partial charge in [0.15, 0.2) is 0 Å². The normalized spacial score (nSPS) is 10.8. The van der Waals surface area contributed by atoms with E-state index in [4.69, 9.17) is 5.73 Å². The number of para-hydroxylation sites is 1. The van der Waals surface area contributed by atoms with Crippen LogP contribution in [0.15, 0.2) is 36.4 Å². The van der Waals surface area contributed by atoms with Gasteiger partial charge in [0.2, 0.25) is 5.95 Å². The van der Waals surface area contributed by atoms with Gasteiger partial charge in [-0.25, -0.2) is 4.98 Å². The van der Waals surface area contributed by atoms with Crippen molar-refractivity contribution >= 4 is 39.0 Å². The number of rotatable bonds is 2. The number of aromatic nitrogens is 2. The van der Waals surface area contributed by atoms with E-state index in [0.29, 0.717) is 5.95 Å². The number of thiophene rings is 1. The Morgan fingerprint density at radius 2 is 1.89 bits per heavy atom. The van der Waals surface area contributed by atoms with Gasteiger partial charge in [0.05, 0.1) is 5.39 Å². The van der Waals surface area contributed by atoms with Gasteiger partial charge in [-0.3, -0.25) is 0 Å². The highest BCUT2D eigenvalue weighted by atomic mass is 32.1. The van der Waals surface area contributed by atoms with Crippen molar-refractivity contribution in [2.75, 3.05) is 17.7 Å². The molecule has 2 aromatic heterocycles. The van der Waals surface area contributed by atoms with Crippen LogP contribution in [0.1, 0.15) is 4.88 Å². The molecule has 2 heterocycles. The van der Waals surface area contributed by atoms with E-state index in [-0.39, 0.29) is 0 Å². The fraction of sp³-hybridized carbons (Fsp3) is 0.143. The smallest absolute Gasteiger partial charge is 0.223 e. The van der Waals surface area contributed by atoms with E-state index in [1.54, 1.807) is 11.3 Å². The van der Waals surface area contributed by atoms with E-state index in [2.05, 4.69) is 23.0 Å². The van der Waals surface area contributed by atoms with Gasteiger partial charge >= 0.3 is 0 Å². The van der Waals surface area contributed by atoms with Crippen LogP contribution < -0.4 is 10.6 Å². The number of benzene rings is 1. The SMILES string of the molecule is Cc1cc2c(N(C)c3ccccc3)nc(N)nc2s1. The molecule has 0 aliphatic carbocycles. The summed E-state index contributed by atoms with van der Waals surface area (Å²) >= 11 is 1.64. The Bertz CT molecular complexity index is 721. The molecule has 3 rings (SSSR count). The molecule has 0 bridgehead atoms. The lowest BCUT2D eigenvalue weighted by Crippen LogP contribution is -2.12. The van der Waals surface area contributed by atoms with Crippen LogP contribution in [0, 0.1) is 6.92 Å². The number of aryl methyl sites for hydroxylation is 1. The van der Waals surface area contributed by atoms with E-state index in [0.717, 1.165) is 21.7 Å². The molecule has 0 spiro atoms. The summed E-state index contributed by atoms with van der Waals surface area (Å²) in [5.41, 5.74) is 6.88. The number of fused-ring (bicyclic) bond motifs is 1. The first-order chi connectivity index (χ1) is 9.15. The van der Waals surface area contributed by atoms with Gasteiger partial charge in [-0.1, -0.05) is 18.2 Å². The molecule has 0 unspecified atom stereocenters. The molecule has 0 aliphatic heterocycles. The van der Waals surface area contributed by atoms with Crippen LogP contribution in [0.25, 0.3) is 10.2 Å². The predicted octanol–water partition coefficient (Wildman–Crippen LogP) is 3.35. The summed E-state index contributed by atoms with van der Waals surface area (Å²) in [5, 5.41) is 1.04. The second-order valence-corrected chi connectivity index (χ2v) is 5.61. The van der Waals surface area contributed by atoms with E-state index < -0.39 is 0 Å². The van der Waals surface area contributed by atoms with Crippen molar-refractivity contribution in [3.05, 3.63) is 41.3 Å². The van der Waals surface area contributed by atoms with Gasteiger partial charge in [0.25, 0.3) is 0 Å². The van der Waals surface area contributed by atoms with Gasteiger partial charge in [0, 0.05) is 17.6 Å². The largest absolute Gasteiger partial charge is 0.368 e. The minimum atomic E-state index is 0.312. The molecule has 2 N–H and O–H groups in total. The summed E-state index contributed by atoms with van der Waals surface area (Å²) in [6.07, 6.45) is 0. The second-order valence-electron chi connectivity index (χ2n) is 4.38. The molecule has 19 heavy (non-hydrogen) atoms. The molecule has 4 nitrogen and oxygen atoms in total. The minimum Gasteiger partial charge on any atom is -0.368 e. The molecule has 0 aliphatic rings. The molecule has 0 atom stereocenters. The second kappa shape index (κ2) is 4.51. The third-order valence-corrected chi connectivity index (χ3v) is 3.92. The van der Waals surface area contributed by atoms with Gasteiger partial charge in [-0.2, -0.15) is 4.98 Å². The molecular formula is C14H14N4S. The summed E-state index contributed by atoms with van der Waals surface area (Å²) in [4.78, 5) is 12.9. The molecule has 0 fully saturated rings. The van der Waals surface area contributed by atoms with E-state index in [9.17, 15) is 0 Å². The van der Waals surface area contributed by atoms with Crippen LogP contribution in [-0.4, -0.2) is 17.0 Å². The first-order valence-corrected chi connectivity index (χ1v) is 6.79. The topological polar surface area (TPSA) is 55.0 Å². The van der Waals surface area contributed by atoms with E-state index in [1.165, 1.54) is 4.88 Å². The van der Waals surface area contributed by atoms with Crippen molar-refractivity contribution in [2.45, 2.75) is 6.92 Å². The third kappa shape index (κ3) is 2.13. The van der Waals surface area contributed by atoms with E-state index >= 15 is 0 Å². The van der Waals surface area contributed by atoms with Crippen molar-refractivity contribution in [3.63, 3.8) is 0 Å². The number of nitrogens with zero attached hydrogens (tertiary/aromatic N) is 3. The van der Waals surface area contributed by atoms with Crippen molar-refractivity contribution in [2.24, 2.45) is 0 Å². The summed E-state index contributed by atoms with van der Waals surface area (Å²) < 4.78 is 0. The molecule has 96 valence electrons. The van der Waals surface area contributed by atoms with Crippen molar-refractivity contribution < 1.29 is 0 Å². The average molecular weight is 270 g/mol. The fourth-order valence-electron chi connectivity index (χ4n) is 2.07. The van der Waals surface area contributed by atoms with Gasteiger partial charge in [0.1, 0.15) is 10.6 Å². The Labute approximate surface area is 115 Å². The standard InChI is InChI=1S/C14H14N4S/c1-9-8-11-12(16-14(15)17-13(11)19-9)18(2)10-6-4-3-5-7-10/h3-8H,1-2H3,(H2,15,16,17). The number of hydrogen-bond donors (Lipinski definition) is 1. The zero-order valence-electron chi connectivity index (χ0n) is 10.8. The van der Waals surface area contributed by atoms with Crippen LogP contribution in [0.3, 0.4) is 0 Å². The van der Waals surface area contributed by atoms with Gasteiger partial charge in [-0.15, -0.1) is 11.3 Å². The van der Waals surface area contributed by atoms with Crippen LogP contribution in [0.2, 0.25) is 0 Å². The van der Waals surface area contributed by atoms with Crippen LogP contribution in [0.4, 0.5) is 17.5 Å². The minimum absolute atomic E-state index is 0.312. The quantitative estimate of drug-likeness (QED) is 0.776. The first kappa shape index (κ1) is 11.9. The molecule has 0 radical (unpaired) electrons. The third-order valence-electron chi connectivity index (χ3n) is 2.97. The van der Waals surface area contributed by atoms with Crippen molar-refractivity contribution in [1.82, 2.24) is 9.97 Å². The Hall–Kier alpha value is -2.14. The molecular weight excluding hydrogens is 256 g/mol. The highest BCUT2D eigenvalue weighted by Gasteiger charge is 2.13. The van der Waals surface area contributed by atoms with Gasteiger partial charge < -0.3 is 10.6 Å². The zero-order valence-corrected chi connectivity index (χ0v) is 11.6. The van der Waals surface area contributed by atoms with Crippen molar-refractivity contribution in [3.8, 4) is 0 Å². The molecule has 5 heteroatoms. The highest BCUT2D eigenvalue weighted by molar-refractivity contribution is 7.18. The maximum absolute atomic E-state index is 5.81. The summed E-state index contributed by atoms with van der Waals surface area (Å²) in [5.74, 6) is 1.16. The van der Waals surface area contributed by atoms with E-state index in [1.807, 2.05) is 42.3 Å². The molecule has 1 aromatic carbocycles. The monoisotopic (exact) mass is 270 g/mol. The zero-order chi connectivity index (χ0) is 13.4. The number of hydrogen-bond acceptors (Lipinski definition) is 5. The predicted molar refractivity (Wildman–Crippen MR) is 81.1 cm³/mol. The average Bonchev–Trinajstić information content (AvgIpc) is 2.78. The molecule has 3 aromatic rings. The lowest BCUT2D eigenvalue weighted by Gasteiger charge is -2.19. The molecule has 0 saturated carbocycles. The summed E-state index contributed by atoms with van der Waals surface area (Å²) in [7, 11) is 1.99. The van der Waals surface area contributed by atoms with Gasteiger partial charge in [-0.05, 0) is 25.1 Å². The summed E-state index contributed by atoms with van der Waals surface area (Å²) in [6, 6.07) is 12.2. The summed E-state index contributed by atoms with van der Waals surface area (Å²) in [6.45, 7) is 2.06. The fourth-order valence-corrected chi connectivity index (χ4v) is 2.95. The van der Waals surface area contributed by atoms with Crippen LogP contribution >= 0.6 is 11.3 Å². The van der Waals surface area contributed by atoms with Crippen LogP contribution in [0.5, 0.6) is 0 Å². The highest BCUT2D eigenvalue weighted by Crippen LogP contribution is 2.33. The number of anilines is 3.